The van der Waals surface area contributed by atoms with Crippen molar-refractivity contribution < 1.29 is 0 Å². The average molecular weight is 226 g/mol. The quantitative estimate of drug-likeness (QED) is 0.865. The Morgan fingerprint density at radius 2 is 1.82 bits per heavy atom. The minimum absolute atomic E-state index is 0.345. The van der Waals surface area contributed by atoms with E-state index in [0.717, 1.165) is 6.54 Å². The molecule has 0 fully saturated rings. The molecule has 1 aromatic heterocycles. The van der Waals surface area contributed by atoms with Gasteiger partial charge >= 0.3 is 0 Å². The lowest BCUT2D eigenvalue weighted by molar-refractivity contribution is 0.573. The number of pyridine rings is 1. The molecule has 0 spiro atoms. The predicted octanol–water partition coefficient (Wildman–Crippen LogP) is 3.24. The Hall–Kier alpha value is -1.67. The first-order valence-corrected chi connectivity index (χ1v) is 5.95. The van der Waals surface area contributed by atoms with Crippen molar-refractivity contribution in [1.82, 2.24) is 10.3 Å². The van der Waals surface area contributed by atoms with Gasteiger partial charge in [-0.15, -0.1) is 0 Å². The van der Waals surface area contributed by atoms with E-state index in [-0.39, 0.29) is 0 Å². The molecule has 1 aromatic carbocycles. The SMILES string of the molecule is Cc1ccccc1CN[C@H](C)c1ccncc1. The molecule has 2 nitrogen and oxygen atoms in total. The van der Waals surface area contributed by atoms with E-state index >= 15 is 0 Å². The average Bonchev–Trinajstić information content (AvgIpc) is 2.38. The van der Waals surface area contributed by atoms with E-state index in [0.29, 0.717) is 6.04 Å². The maximum Gasteiger partial charge on any atom is 0.0296 e. The maximum atomic E-state index is 4.03. The summed E-state index contributed by atoms with van der Waals surface area (Å²) < 4.78 is 0. The highest BCUT2D eigenvalue weighted by atomic mass is 14.9. The first-order valence-electron chi connectivity index (χ1n) is 5.95. The fourth-order valence-electron chi connectivity index (χ4n) is 1.84. The van der Waals surface area contributed by atoms with Crippen molar-refractivity contribution in [2.45, 2.75) is 26.4 Å². The number of benzene rings is 1. The van der Waals surface area contributed by atoms with Gasteiger partial charge in [0.1, 0.15) is 0 Å². The van der Waals surface area contributed by atoms with Crippen molar-refractivity contribution >= 4 is 0 Å². The highest BCUT2D eigenvalue weighted by molar-refractivity contribution is 5.25. The normalized spacial score (nSPS) is 12.4. The lowest BCUT2D eigenvalue weighted by atomic mass is 10.1. The van der Waals surface area contributed by atoms with Crippen LogP contribution in [0.5, 0.6) is 0 Å². The summed E-state index contributed by atoms with van der Waals surface area (Å²) in [5, 5.41) is 3.53. The molecule has 0 radical (unpaired) electrons. The molecule has 0 unspecified atom stereocenters. The molecule has 0 bridgehead atoms. The zero-order valence-electron chi connectivity index (χ0n) is 10.4. The molecule has 0 amide bonds. The van der Waals surface area contributed by atoms with Gasteiger partial charge in [-0.1, -0.05) is 24.3 Å². The minimum Gasteiger partial charge on any atom is -0.306 e. The second-order valence-electron chi connectivity index (χ2n) is 4.31. The van der Waals surface area contributed by atoms with Gasteiger partial charge in [0.25, 0.3) is 0 Å². The molecule has 2 heteroatoms. The van der Waals surface area contributed by atoms with Crippen LogP contribution in [0.25, 0.3) is 0 Å². The first kappa shape index (κ1) is 11.8. The standard InChI is InChI=1S/C15H18N2/c1-12-5-3-4-6-15(12)11-17-13(2)14-7-9-16-10-8-14/h3-10,13,17H,11H2,1-2H3/t13-/m1/s1. The number of aromatic nitrogens is 1. The minimum atomic E-state index is 0.345. The summed E-state index contributed by atoms with van der Waals surface area (Å²) in [5.74, 6) is 0. The Balaban J connectivity index is 1.97. The summed E-state index contributed by atoms with van der Waals surface area (Å²) in [6, 6.07) is 12.9. The van der Waals surface area contributed by atoms with Crippen LogP contribution in [-0.2, 0) is 6.54 Å². The topological polar surface area (TPSA) is 24.9 Å². The Labute approximate surface area is 103 Å². The van der Waals surface area contributed by atoms with Crippen LogP contribution in [0.4, 0.5) is 0 Å². The van der Waals surface area contributed by atoms with Crippen molar-refractivity contribution in [2.24, 2.45) is 0 Å². The summed E-state index contributed by atoms with van der Waals surface area (Å²) in [6.45, 7) is 5.22. The molecule has 1 N–H and O–H groups in total. The van der Waals surface area contributed by atoms with Gasteiger partial charge in [0, 0.05) is 25.0 Å². The molecule has 0 aliphatic carbocycles. The van der Waals surface area contributed by atoms with Crippen molar-refractivity contribution in [1.29, 1.82) is 0 Å². The summed E-state index contributed by atoms with van der Waals surface area (Å²) in [7, 11) is 0. The van der Waals surface area contributed by atoms with Crippen LogP contribution in [0.1, 0.15) is 29.7 Å². The highest BCUT2D eigenvalue weighted by Crippen LogP contribution is 2.13. The lowest BCUT2D eigenvalue weighted by Gasteiger charge is -2.15. The van der Waals surface area contributed by atoms with Gasteiger partial charge in [0.2, 0.25) is 0 Å². The second-order valence-corrected chi connectivity index (χ2v) is 4.31. The summed E-state index contributed by atoms with van der Waals surface area (Å²) in [6.07, 6.45) is 3.67. The molecule has 0 saturated carbocycles. The zero-order chi connectivity index (χ0) is 12.1. The summed E-state index contributed by atoms with van der Waals surface area (Å²) in [4.78, 5) is 4.03. The Kier molecular flexibility index (Phi) is 3.89. The van der Waals surface area contributed by atoms with E-state index in [1.165, 1.54) is 16.7 Å². The molecule has 17 heavy (non-hydrogen) atoms. The van der Waals surface area contributed by atoms with Gasteiger partial charge in [0.05, 0.1) is 0 Å². The van der Waals surface area contributed by atoms with Crippen molar-refractivity contribution in [3.63, 3.8) is 0 Å². The van der Waals surface area contributed by atoms with E-state index in [4.69, 9.17) is 0 Å². The number of rotatable bonds is 4. The van der Waals surface area contributed by atoms with Crippen LogP contribution < -0.4 is 5.32 Å². The van der Waals surface area contributed by atoms with Crippen LogP contribution in [0, 0.1) is 6.92 Å². The van der Waals surface area contributed by atoms with E-state index < -0.39 is 0 Å². The van der Waals surface area contributed by atoms with Crippen LogP contribution >= 0.6 is 0 Å². The monoisotopic (exact) mass is 226 g/mol. The molecule has 1 atom stereocenters. The van der Waals surface area contributed by atoms with Gasteiger partial charge in [-0.05, 0) is 42.7 Å². The van der Waals surface area contributed by atoms with E-state index in [2.05, 4.69) is 60.5 Å². The van der Waals surface area contributed by atoms with Crippen LogP contribution in [0.3, 0.4) is 0 Å². The first-order chi connectivity index (χ1) is 8.27. The van der Waals surface area contributed by atoms with Crippen LogP contribution in [-0.4, -0.2) is 4.98 Å². The molecule has 1 heterocycles. The third-order valence-corrected chi connectivity index (χ3v) is 3.07. The maximum absolute atomic E-state index is 4.03. The zero-order valence-corrected chi connectivity index (χ0v) is 10.4. The van der Waals surface area contributed by atoms with Crippen LogP contribution in [0.15, 0.2) is 48.8 Å². The van der Waals surface area contributed by atoms with Gasteiger partial charge < -0.3 is 5.32 Å². The Bertz CT molecular complexity index is 465. The molecule has 0 saturated heterocycles. The van der Waals surface area contributed by atoms with Gasteiger partial charge in [-0.2, -0.15) is 0 Å². The number of hydrogen-bond acceptors (Lipinski definition) is 2. The number of aryl methyl sites for hydroxylation is 1. The smallest absolute Gasteiger partial charge is 0.0296 e. The molecule has 0 aliphatic heterocycles. The van der Waals surface area contributed by atoms with Gasteiger partial charge in [-0.25, -0.2) is 0 Å². The van der Waals surface area contributed by atoms with E-state index in [1.807, 2.05) is 12.4 Å². The molecule has 2 rings (SSSR count). The lowest BCUT2D eigenvalue weighted by Crippen LogP contribution is -2.18. The fourth-order valence-corrected chi connectivity index (χ4v) is 1.84. The van der Waals surface area contributed by atoms with E-state index in [1.54, 1.807) is 0 Å². The Morgan fingerprint density at radius 1 is 1.12 bits per heavy atom. The molecule has 88 valence electrons. The number of nitrogens with one attached hydrogen (secondary N) is 1. The third kappa shape index (κ3) is 3.14. The van der Waals surface area contributed by atoms with Gasteiger partial charge in [-0.3, -0.25) is 4.98 Å². The molecular formula is C15H18N2. The van der Waals surface area contributed by atoms with Crippen LogP contribution in [0.2, 0.25) is 0 Å². The highest BCUT2D eigenvalue weighted by Gasteiger charge is 2.04. The van der Waals surface area contributed by atoms with Crippen molar-refractivity contribution in [3.8, 4) is 0 Å². The number of hydrogen-bond donors (Lipinski definition) is 1. The molecule has 0 aliphatic rings. The second kappa shape index (κ2) is 5.60. The third-order valence-electron chi connectivity index (χ3n) is 3.07. The van der Waals surface area contributed by atoms with Crippen molar-refractivity contribution in [3.05, 3.63) is 65.5 Å². The Morgan fingerprint density at radius 3 is 2.53 bits per heavy atom. The fraction of sp³-hybridized carbons (Fsp3) is 0.267. The summed E-state index contributed by atoms with van der Waals surface area (Å²) >= 11 is 0. The van der Waals surface area contributed by atoms with Crippen molar-refractivity contribution in [2.75, 3.05) is 0 Å². The predicted molar refractivity (Wildman–Crippen MR) is 70.7 cm³/mol. The molecule has 2 aromatic rings. The summed E-state index contributed by atoms with van der Waals surface area (Å²) in [5.41, 5.74) is 3.96. The largest absolute Gasteiger partial charge is 0.306 e. The molecular weight excluding hydrogens is 208 g/mol. The van der Waals surface area contributed by atoms with E-state index in [9.17, 15) is 0 Å². The number of nitrogens with zero attached hydrogens (tertiary/aromatic N) is 1. The van der Waals surface area contributed by atoms with Gasteiger partial charge in [0.15, 0.2) is 0 Å².